The molecule has 5 nitrogen and oxygen atoms in total. The summed E-state index contributed by atoms with van der Waals surface area (Å²) in [6, 6.07) is 21.8. The van der Waals surface area contributed by atoms with E-state index in [2.05, 4.69) is 45.1 Å². The summed E-state index contributed by atoms with van der Waals surface area (Å²) in [6.07, 6.45) is 3.09. The first kappa shape index (κ1) is 19.1. The van der Waals surface area contributed by atoms with Gasteiger partial charge in [-0.2, -0.15) is 0 Å². The predicted octanol–water partition coefficient (Wildman–Crippen LogP) is 5.61. The summed E-state index contributed by atoms with van der Waals surface area (Å²) in [7, 11) is 0. The Hall–Kier alpha value is -3.22. The van der Waals surface area contributed by atoms with Crippen LogP contribution in [-0.4, -0.2) is 16.1 Å². The molecule has 0 bridgehead atoms. The van der Waals surface area contributed by atoms with Crippen LogP contribution >= 0.6 is 22.9 Å². The maximum Gasteiger partial charge on any atom is 0.250 e. The lowest BCUT2D eigenvalue weighted by Crippen LogP contribution is -2.07. The summed E-state index contributed by atoms with van der Waals surface area (Å²) in [5.41, 5.74) is 1.95. The molecule has 0 fully saturated rings. The SMILES string of the molecule is O=C(/C=C/c1ccccc1Cl)Nc1nnc(NCc2cccc3ccccc23)s1. The highest BCUT2D eigenvalue weighted by Gasteiger charge is 2.07. The molecular weight excluding hydrogens is 404 g/mol. The van der Waals surface area contributed by atoms with E-state index in [0.29, 0.717) is 21.8 Å². The lowest BCUT2D eigenvalue weighted by atomic mass is 10.0. The van der Waals surface area contributed by atoms with Gasteiger partial charge in [0.05, 0.1) is 0 Å². The minimum Gasteiger partial charge on any atom is -0.356 e. The number of anilines is 2. The van der Waals surface area contributed by atoms with Crippen molar-refractivity contribution in [2.24, 2.45) is 0 Å². The maximum absolute atomic E-state index is 12.1. The standard InChI is InChI=1S/C22H17ClN4OS/c23-19-11-4-2-7-16(19)12-13-20(28)25-22-27-26-21(29-22)24-14-17-9-5-8-15-6-1-3-10-18(15)17/h1-13H,14H2,(H,24,26)(H,25,27,28)/b13-12+. The molecule has 144 valence electrons. The molecule has 0 unspecified atom stereocenters. The summed E-state index contributed by atoms with van der Waals surface area (Å²) in [5, 5.41) is 18.2. The molecule has 1 aromatic heterocycles. The van der Waals surface area contributed by atoms with E-state index in [0.717, 1.165) is 5.56 Å². The molecule has 1 amide bonds. The second kappa shape index (κ2) is 8.86. The van der Waals surface area contributed by atoms with Gasteiger partial charge in [-0.25, -0.2) is 0 Å². The fraction of sp³-hybridized carbons (Fsp3) is 0.0455. The van der Waals surface area contributed by atoms with Crippen LogP contribution in [0.1, 0.15) is 11.1 Å². The number of fused-ring (bicyclic) bond motifs is 1. The van der Waals surface area contributed by atoms with Crippen molar-refractivity contribution in [3.8, 4) is 0 Å². The maximum atomic E-state index is 12.1. The molecule has 3 aromatic carbocycles. The van der Waals surface area contributed by atoms with Gasteiger partial charge >= 0.3 is 0 Å². The first-order chi connectivity index (χ1) is 14.2. The number of carbonyl (C=O) groups excluding carboxylic acids is 1. The Morgan fingerprint density at radius 2 is 1.72 bits per heavy atom. The van der Waals surface area contributed by atoms with Gasteiger partial charge in [-0.15, -0.1) is 10.2 Å². The van der Waals surface area contributed by atoms with Crippen LogP contribution in [0.15, 0.2) is 72.8 Å². The molecule has 2 N–H and O–H groups in total. The van der Waals surface area contributed by atoms with Crippen LogP contribution in [0.4, 0.5) is 10.3 Å². The number of hydrogen-bond donors (Lipinski definition) is 2. The summed E-state index contributed by atoms with van der Waals surface area (Å²) in [6.45, 7) is 0.621. The van der Waals surface area contributed by atoms with Crippen LogP contribution in [0, 0.1) is 0 Å². The highest BCUT2D eigenvalue weighted by Crippen LogP contribution is 2.23. The Labute approximate surface area is 177 Å². The topological polar surface area (TPSA) is 66.9 Å². The molecule has 1 heterocycles. The van der Waals surface area contributed by atoms with Gasteiger partial charge in [-0.3, -0.25) is 10.1 Å². The van der Waals surface area contributed by atoms with E-state index in [1.54, 1.807) is 12.1 Å². The first-order valence-corrected chi connectivity index (χ1v) is 10.2. The van der Waals surface area contributed by atoms with Gasteiger partial charge in [0.1, 0.15) is 0 Å². The molecule has 0 aliphatic rings. The van der Waals surface area contributed by atoms with Crippen LogP contribution in [0.2, 0.25) is 5.02 Å². The predicted molar refractivity (Wildman–Crippen MR) is 120 cm³/mol. The number of amides is 1. The van der Waals surface area contributed by atoms with Crippen LogP contribution in [0.25, 0.3) is 16.8 Å². The van der Waals surface area contributed by atoms with Gasteiger partial charge in [0.25, 0.3) is 0 Å². The molecule has 0 aliphatic carbocycles. The van der Waals surface area contributed by atoms with Gasteiger partial charge < -0.3 is 5.32 Å². The number of benzene rings is 3. The third-order valence-corrected chi connectivity index (χ3v) is 5.43. The summed E-state index contributed by atoms with van der Waals surface area (Å²) < 4.78 is 0. The van der Waals surface area contributed by atoms with Crippen molar-refractivity contribution in [3.63, 3.8) is 0 Å². The minimum atomic E-state index is -0.290. The van der Waals surface area contributed by atoms with Crippen LogP contribution in [0.3, 0.4) is 0 Å². The number of halogens is 1. The molecular formula is C22H17ClN4OS. The van der Waals surface area contributed by atoms with Crippen molar-refractivity contribution in [2.75, 3.05) is 10.6 Å². The normalized spacial score (nSPS) is 11.1. The number of aromatic nitrogens is 2. The van der Waals surface area contributed by atoms with Crippen molar-refractivity contribution in [2.45, 2.75) is 6.54 Å². The Morgan fingerprint density at radius 1 is 0.966 bits per heavy atom. The van der Waals surface area contributed by atoms with Gasteiger partial charge in [-0.1, -0.05) is 83.6 Å². The zero-order valence-electron chi connectivity index (χ0n) is 15.3. The zero-order valence-corrected chi connectivity index (χ0v) is 16.9. The van der Waals surface area contributed by atoms with Crippen molar-refractivity contribution in [3.05, 3.63) is 89.0 Å². The number of carbonyl (C=O) groups is 1. The zero-order chi connectivity index (χ0) is 20.1. The number of hydrogen-bond acceptors (Lipinski definition) is 5. The number of nitrogens with zero attached hydrogens (tertiary/aromatic N) is 2. The average Bonchev–Trinajstić information content (AvgIpc) is 3.19. The monoisotopic (exact) mass is 420 g/mol. The largest absolute Gasteiger partial charge is 0.356 e. The lowest BCUT2D eigenvalue weighted by Gasteiger charge is -2.06. The van der Waals surface area contributed by atoms with Gasteiger partial charge in [-0.05, 0) is 34.0 Å². The minimum absolute atomic E-state index is 0.290. The first-order valence-electron chi connectivity index (χ1n) is 8.97. The summed E-state index contributed by atoms with van der Waals surface area (Å²) >= 11 is 7.37. The third-order valence-electron chi connectivity index (χ3n) is 4.28. The van der Waals surface area contributed by atoms with E-state index in [9.17, 15) is 4.79 Å². The third kappa shape index (κ3) is 4.80. The van der Waals surface area contributed by atoms with E-state index in [1.807, 2.05) is 36.4 Å². The van der Waals surface area contributed by atoms with Crippen molar-refractivity contribution in [1.82, 2.24) is 10.2 Å². The van der Waals surface area contributed by atoms with Gasteiger partial charge in [0, 0.05) is 17.6 Å². The van der Waals surface area contributed by atoms with Crippen LogP contribution in [-0.2, 0) is 11.3 Å². The Morgan fingerprint density at radius 3 is 2.62 bits per heavy atom. The summed E-state index contributed by atoms with van der Waals surface area (Å²) in [4.78, 5) is 12.1. The fourth-order valence-electron chi connectivity index (χ4n) is 2.89. The molecule has 0 atom stereocenters. The van der Waals surface area contributed by atoms with Gasteiger partial charge in [0.15, 0.2) is 0 Å². The molecule has 0 radical (unpaired) electrons. The second-order valence-electron chi connectivity index (χ2n) is 6.25. The van der Waals surface area contributed by atoms with Gasteiger partial charge in [0.2, 0.25) is 16.2 Å². The molecule has 7 heteroatoms. The molecule has 0 spiro atoms. The van der Waals surface area contributed by atoms with E-state index >= 15 is 0 Å². The van der Waals surface area contributed by atoms with E-state index in [-0.39, 0.29) is 5.91 Å². The highest BCUT2D eigenvalue weighted by molar-refractivity contribution is 7.19. The highest BCUT2D eigenvalue weighted by atomic mass is 35.5. The Balaban J connectivity index is 1.37. The number of rotatable bonds is 6. The Bertz CT molecular complexity index is 1180. The summed E-state index contributed by atoms with van der Waals surface area (Å²) in [5.74, 6) is -0.290. The van der Waals surface area contributed by atoms with Crippen molar-refractivity contribution >= 4 is 56.0 Å². The van der Waals surface area contributed by atoms with E-state index in [4.69, 9.17) is 11.6 Å². The molecule has 4 aromatic rings. The number of nitrogens with one attached hydrogen (secondary N) is 2. The fourth-order valence-corrected chi connectivity index (χ4v) is 3.73. The van der Waals surface area contributed by atoms with E-state index < -0.39 is 0 Å². The molecule has 4 rings (SSSR count). The van der Waals surface area contributed by atoms with Crippen LogP contribution < -0.4 is 10.6 Å². The smallest absolute Gasteiger partial charge is 0.250 e. The molecule has 0 aliphatic heterocycles. The quantitative estimate of drug-likeness (QED) is 0.398. The molecule has 0 saturated heterocycles. The van der Waals surface area contributed by atoms with Crippen molar-refractivity contribution < 1.29 is 4.79 Å². The van der Waals surface area contributed by atoms with E-state index in [1.165, 1.54) is 33.7 Å². The second-order valence-corrected chi connectivity index (χ2v) is 7.63. The Kier molecular flexibility index (Phi) is 5.84. The molecule has 29 heavy (non-hydrogen) atoms. The van der Waals surface area contributed by atoms with Crippen LogP contribution in [0.5, 0.6) is 0 Å². The average molecular weight is 421 g/mol. The van der Waals surface area contributed by atoms with Crippen molar-refractivity contribution in [1.29, 1.82) is 0 Å². The lowest BCUT2D eigenvalue weighted by molar-refractivity contribution is -0.111. The molecule has 0 saturated carbocycles.